The fourth-order valence-electron chi connectivity index (χ4n) is 2.88. The highest BCUT2D eigenvalue weighted by Gasteiger charge is 2.38. The van der Waals surface area contributed by atoms with Gasteiger partial charge in [0.15, 0.2) is 12.1 Å². The molecule has 0 aromatic heterocycles. The zero-order valence-electron chi connectivity index (χ0n) is 13.8. The minimum Gasteiger partial charge on any atom is -0.382 e. The zero-order valence-corrected chi connectivity index (χ0v) is 16.1. The second-order valence-corrected chi connectivity index (χ2v) is 5.79. The average molecular weight is 466 g/mol. The number of aliphatic hydroxyl groups excluding tert-OH is 1. The minimum absolute atomic E-state index is 0. The Labute approximate surface area is 157 Å². The second-order valence-electron chi connectivity index (χ2n) is 5.79. The van der Waals surface area contributed by atoms with Gasteiger partial charge in [0.1, 0.15) is 0 Å². The quantitative estimate of drug-likeness (QED) is 0.367. The van der Waals surface area contributed by atoms with Gasteiger partial charge in [-0.2, -0.15) is 13.2 Å². The molecule has 2 rings (SSSR count). The number of aliphatic imine (C=N–C) groups is 1. The van der Waals surface area contributed by atoms with Crippen LogP contribution in [0.2, 0.25) is 0 Å². The number of likely N-dealkylation sites (tertiary alicyclic amines) is 1. The Hall–Kier alpha value is -0.330. The molecule has 0 aromatic carbocycles. The Kier molecular flexibility index (Phi) is 9.02. The third-order valence-electron chi connectivity index (χ3n) is 4.15. The number of hydrogen-bond donors (Lipinski definition) is 2. The van der Waals surface area contributed by atoms with Crippen molar-refractivity contribution in [1.82, 2.24) is 15.1 Å². The molecule has 0 saturated carbocycles. The van der Waals surface area contributed by atoms with E-state index in [0.29, 0.717) is 18.5 Å². The number of ether oxygens (including phenoxy) is 1. The first-order valence-electron chi connectivity index (χ1n) is 8.01. The van der Waals surface area contributed by atoms with Crippen molar-refractivity contribution in [2.75, 3.05) is 52.5 Å². The summed E-state index contributed by atoms with van der Waals surface area (Å²) < 4.78 is 42.5. The molecular formula is C14H26F3IN4O2. The van der Waals surface area contributed by atoms with Crippen molar-refractivity contribution in [3.63, 3.8) is 0 Å². The predicted octanol–water partition coefficient (Wildman–Crippen LogP) is 0.900. The van der Waals surface area contributed by atoms with E-state index in [-0.39, 0.29) is 24.0 Å². The summed E-state index contributed by atoms with van der Waals surface area (Å²) in [5.41, 5.74) is 0. The van der Waals surface area contributed by atoms with E-state index in [0.717, 1.165) is 45.8 Å². The van der Waals surface area contributed by atoms with E-state index in [1.165, 1.54) is 0 Å². The molecule has 0 aliphatic carbocycles. The summed E-state index contributed by atoms with van der Waals surface area (Å²) >= 11 is 0. The standard InChI is InChI=1S/C14H25F3N4O2.HI/c1-2-18-13(19-9-12(22)14(15,16)17)21-4-3-11(10-21)20-5-7-23-8-6-20;/h11-12,22H,2-10H2,1H3,(H,18,19);1H. The molecule has 2 saturated heterocycles. The molecule has 142 valence electrons. The largest absolute Gasteiger partial charge is 0.416 e. The molecule has 0 radical (unpaired) electrons. The highest BCUT2D eigenvalue weighted by molar-refractivity contribution is 14.0. The monoisotopic (exact) mass is 466 g/mol. The van der Waals surface area contributed by atoms with Crippen LogP contribution >= 0.6 is 24.0 Å². The first kappa shape index (κ1) is 21.7. The van der Waals surface area contributed by atoms with E-state index in [4.69, 9.17) is 9.84 Å². The second kappa shape index (κ2) is 9.97. The van der Waals surface area contributed by atoms with E-state index in [1.807, 2.05) is 11.8 Å². The highest BCUT2D eigenvalue weighted by atomic mass is 127. The van der Waals surface area contributed by atoms with E-state index >= 15 is 0 Å². The van der Waals surface area contributed by atoms with Crippen LogP contribution in [0, 0.1) is 0 Å². The lowest BCUT2D eigenvalue weighted by molar-refractivity contribution is -0.199. The number of guanidine groups is 1. The van der Waals surface area contributed by atoms with Crippen molar-refractivity contribution >= 4 is 29.9 Å². The summed E-state index contributed by atoms with van der Waals surface area (Å²) in [7, 11) is 0. The van der Waals surface area contributed by atoms with Crippen molar-refractivity contribution in [2.24, 2.45) is 4.99 Å². The molecule has 0 bridgehead atoms. The van der Waals surface area contributed by atoms with Gasteiger partial charge in [-0.1, -0.05) is 0 Å². The molecule has 0 amide bonds. The molecule has 10 heteroatoms. The van der Waals surface area contributed by atoms with Crippen LogP contribution in [-0.2, 0) is 4.74 Å². The van der Waals surface area contributed by atoms with Crippen molar-refractivity contribution < 1.29 is 23.0 Å². The van der Waals surface area contributed by atoms with Crippen molar-refractivity contribution in [3.05, 3.63) is 0 Å². The minimum atomic E-state index is -4.64. The number of aliphatic hydroxyl groups is 1. The molecule has 0 aromatic rings. The molecule has 2 fully saturated rings. The summed E-state index contributed by atoms with van der Waals surface area (Å²) in [4.78, 5) is 8.28. The number of halogens is 4. The predicted molar refractivity (Wildman–Crippen MR) is 95.8 cm³/mol. The number of rotatable bonds is 4. The molecule has 24 heavy (non-hydrogen) atoms. The topological polar surface area (TPSA) is 60.3 Å². The Morgan fingerprint density at radius 1 is 1.33 bits per heavy atom. The molecule has 6 nitrogen and oxygen atoms in total. The normalized spacial score (nSPS) is 24.6. The maximum Gasteiger partial charge on any atom is 0.416 e. The van der Waals surface area contributed by atoms with Gasteiger partial charge < -0.3 is 20.1 Å². The molecule has 2 N–H and O–H groups in total. The van der Waals surface area contributed by atoms with Gasteiger partial charge in [0, 0.05) is 38.8 Å². The number of nitrogens with zero attached hydrogens (tertiary/aromatic N) is 3. The maximum atomic E-state index is 12.4. The van der Waals surface area contributed by atoms with E-state index in [9.17, 15) is 13.2 Å². The van der Waals surface area contributed by atoms with Crippen LogP contribution in [0.25, 0.3) is 0 Å². The molecular weight excluding hydrogens is 440 g/mol. The Morgan fingerprint density at radius 2 is 2.00 bits per heavy atom. The first-order chi connectivity index (χ1) is 10.9. The molecule has 2 unspecified atom stereocenters. The first-order valence-corrected chi connectivity index (χ1v) is 8.01. The van der Waals surface area contributed by atoms with E-state index in [2.05, 4.69) is 15.2 Å². The van der Waals surface area contributed by atoms with Crippen molar-refractivity contribution in [3.8, 4) is 0 Å². The summed E-state index contributed by atoms with van der Waals surface area (Å²) in [5.74, 6) is 0.437. The van der Waals surface area contributed by atoms with Crippen LogP contribution in [0.3, 0.4) is 0 Å². The van der Waals surface area contributed by atoms with Crippen LogP contribution in [0.1, 0.15) is 13.3 Å². The third kappa shape index (κ3) is 6.19. The van der Waals surface area contributed by atoms with Gasteiger partial charge >= 0.3 is 6.18 Å². The lowest BCUT2D eigenvalue weighted by Gasteiger charge is -2.32. The number of nitrogens with one attached hydrogen (secondary N) is 1. The zero-order chi connectivity index (χ0) is 16.9. The Morgan fingerprint density at radius 3 is 2.58 bits per heavy atom. The molecule has 2 atom stereocenters. The number of hydrogen-bond acceptors (Lipinski definition) is 4. The average Bonchev–Trinajstić information content (AvgIpc) is 3.01. The van der Waals surface area contributed by atoms with Crippen LogP contribution in [0.15, 0.2) is 4.99 Å². The SMILES string of the molecule is CCNC(=NCC(O)C(F)(F)F)N1CCC(N2CCOCC2)C1.I. The van der Waals surface area contributed by atoms with Gasteiger partial charge in [0.2, 0.25) is 0 Å². The highest BCUT2D eigenvalue weighted by Crippen LogP contribution is 2.21. The Balaban J connectivity index is 0.00000288. The van der Waals surface area contributed by atoms with Gasteiger partial charge in [-0.05, 0) is 13.3 Å². The molecule has 2 aliphatic heterocycles. The maximum absolute atomic E-state index is 12.4. The van der Waals surface area contributed by atoms with Gasteiger partial charge in [0.05, 0.1) is 19.8 Å². The molecule has 2 aliphatic rings. The van der Waals surface area contributed by atoms with Gasteiger partial charge in [-0.15, -0.1) is 24.0 Å². The van der Waals surface area contributed by atoms with Crippen LogP contribution in [-0.4, -0.2) is 91.7 Å². The molecule has 2 heterocycles. The van der Waals surface area contributed by atoms with Crippen molar-refractivity contribution in [1.29, 1.82) is 0 Å². The van der Waals surface area contributed by atoms with E-state index < -0.39 is 18.8 Å². The summed E-state index contributed by atoms with van der Waals surface area (Å²) in [6.07, 6.45) is -6.11. The summed E-state index contributed by atoms with van der Waals surface area (Å²) in [6.45, 7) is 6.46. The van der Waals surface area contributed by atoms with Crippen LogP contribution < -0.4 is 5.32 Å². The molecule has 0 spiro atoms. The summed E-state index contributed by atoms with van der Waals surface area (Å²) in [5, 5.41) is 12.1. The fourth-order valence-corrected chi connectivity index (χ4v) is 2.88. The summed E-state index contributed by atoms with van der Waals surface area (Å²) in [6, 6.07) is 0.371. The lowest BCUT2D eigenvalue weighted by Crippen LogP contribution is -2.47. The fraction of sp³-hybridized carbons (Fsp3) is 0.929. The van der Waals surface area contributed by atoms with Gasteiger partial charge in [0.25, 0.3) is 0 Å². The lowest BCUT2D eigenvalue weighted by atomic mass is 10.2. The van der Waals surface area contributed by atoms with E-state index in [1.54, 1.807) is 0 Å². The number of morpholine rings is 1. The smallest absolute Gasteiger partial charge is 0.382 e. The van der Waals surface area contributed by atoms with Crippen LogP contribution in [0.5, 0.6) is 0 Å². The van der Waals surface area contributed by atoms with Gasteiger partial charge in [-0.25, -0.2) is 0 Å². The van der Waals surface area contributed by atoms with Gasteiger partial charge in [-0.3, -0.25) is 9.89 Å². The van der Waals surface area contributed by atoms with Crippen molar-refractivity contribution in [2.45, 2.75) is 31.7 Å². The van der Waals surface area contributed by atoms with Crippen LogP contribution in [0.4, 0.5) is 13.2 Å². The third-order valence-corrected chi connectivity index (χ3v) is 4.15. The number of alkyl halides is 3. The Bertz CT molecular complexity index is 406.